The van der Waals surface area contributed by atoms with E-state index in [0.717, 1.165) is 19.3 Å². The van der Waals surface area contributed by atoms with Crippen LogP contribution in [0.3, 0.4) is 0 Å². The molecule has 0 radical (unpaired) electrons. The smallest absolute Gasteiger partial charge is 0.0763 e. The van der Waals surface area contributed by atoms with Crippen molar-refractivity contribution in [3.05, 3.63) is 24.3 Å². The topological polar surface area (TPSA) is 29.5 Å². The van der Waals surface area contributed by atoms with E-state index >= 15 is 0 Å². The molecular weight excluding hydrogens is 236 g/mol. The first-order valence-corrected chi connectivity index (χ1v) is 7.61. The van der Waals surface area contributed by atoms with E-state index in [2.05, 4.69) is 26.5 Å². The third-order valence-electron chi connectivity index (χ3n) is 6.01. The van der Waals surface area contributed by atoms with Gasteiger partial charge < -0.3 is 9.84 Å². The molecule has 106 valence electrons. The molecule has 3 rings (SSSR count). The molecular formula is C17H26O2. The minimum Gasteiger partial charge on any atom is -0.392 e. The maximum atomic E-state index is 9.42. The molecule has 19 heavy (non-hydrogen) atoms. The minimum atomic E-state index is 0.230. The van der Waals surface area contributed by atoms with Crippen LogP contribution in [0, 0.1) is 16.7 Å². The van der Waals surface area contributed by atoms with Crippen molar-refractivity contribution in [2.24, 2.45) is 16.7 Å². The number of aliphatic hydroxyl groups excluding tert-OH is 1. The van der Waals surface area contributed by atoms with Gasteiger partial charge in [0.2, 0.25) is 0 Å². The molecule has 0 amide bonds. The first kappa shape index (κ1) is 13.4. The Balaban J connectivity index is 1.93. The molecule has 0 spiro atoms. The highest BCUT2D eigenvalue weighted by Crippen LogP contribution is 2.61. The molecule has 3 aliphatic rings. The van der Waals surface area contributed by atoms with Crippen molar-refractivity contribution in [3.8, 4) is 0 Å². The fourth-order valence-corrected chi connectivity index (χ4v) is 5.08. The van der Waals surface area contributed by atoms with Crippen LogP contribution in [0.25, 0.3) is 0 Å². The molecule has 2 heteroatoms. The normalized spacial score (nSPS) is 49.2. The minimum absolute atomic E-state index is 0.230. The molecule has 0 aromatic carbocycles. The van der Waals surface area contributed by atoms with E-state index in [-0.39, 0.29) is 23.5 Å². The maximum Gasteiger partial charge on any atom is 0.0763 e. The van der Waals surface area contributed by atoms with Gasteiger partial charge in [0.15, 0.2) is 0 Å². The summed E-state index contributed by atoms with van der Waals surface area (Å²) in [6.45, 7) is 8.94. The van der Waals surface area contributed by atoms with Crippen molar-refractivity contribution in [2.75, 3.05) is 6.61 Å². The van der Waals surface area contributed by atoms with E-state index in [1.54, 1.807) is 0 Å². The third-order valence-corrected chi connectivity index (χ3v) is 6.01. The quantitative estimate of drug-likeness (QED) is 0.772. The molecule has 2 aliphatic carbocycles. The predicted molar refractivity (Wildman–Crippen MR) is 76.8 cm³/mol. The summed E-state index contributed by atoms with van der Waals surface area (Å²) in [6.07, 6.45) is 10.7. The molecule has 2 nitrogen and oxygen atoms in total. The van der Waals surface area contributed by atoms with E-state index in [1.165, 1.54) is 18.4 Å². The molecule has 2 fully saturated rings. The van der Waals surface area contributed by atoms with Gasteiger partial charge in [-0.15, -0.1) is 6.58 Å². The lowest BCUT2D eigenvalue weighted by Crippen LogP contribution is -2.49. The summed E-state index contributed by atoms with van der Waals surface area (Å²) >= 11 is 0. The van der Waals surface area contributed by atoms with Crippen LogP contribution in [-0.4, -0.2) is 23.9 Å². The highest BCUT2D eigenvalue weighted by molar-refractivity contribution is 5.21. The molecule has 0 bridgehead atoms. The highest BCUT2D eigenvalue weighted by atomic mass is 16.5. The van der Waals surface area contributed by atoms with Gasteiger partial charge in [0.1, 0.15) is 0 Å². The Labute approximate surface area is 116 Å². The molecule has 0 aromatic rings. The summed E-state index contributed by atoms with van der Waals surface area (Å²) < 4.78 is 6.18. The number of fused-ring (bicyclic) bond motifs is 3. The lowest BCUT2D eigenvalue weighted by Gasteiger charge is -2.54. The Morgan fingerprint density at radius 1 is 1.47 bits per heavy atom. The van der Waals surface area contributed by atoms with Crippen LogP contribution in [0.5, 0.6) is 0 Å². The second-order valence-corrected chi connectivity index (χ2v) is 7.21. The number of rotatable bonds is 2. The molecule has 0 unspecified atom stereocenters. The number of ether oxygens (including phenoxy) is 1. The average molecular weight is 262 g/mol. The van der Waals surface area contributed by atoms with Gasteiger partial charge >= 0.3 is 0 Å². The van der Waals surface area contributed by atoms with E-state index in [1.807, 2.05) is 6.08 Å². The van der Waals surface area contributed by atoms with E-state index in [0.29, 0.717) is 12.0 Å². The molecule has 1 heterocycles. The van der Waals surface area contributed by atoms with Crippen LogP contribution < -0.4 is 0 Å². The fraction of sp³-hybridized carbons (Fsp3) is 0.765. The van der Waals surface area contributed by atoms with E-state index in [9.17, 15) is 5.11 Å². The third kappa shape index (κ3) is 1.92. The lowest BCUT2D eigenvalue weighted by atomic mass is 9.51. The Morgan fingerprint density at radius 2 is 2.26 bits per heavy atom. The van der Waals surface area contributed by atoms with Crippen molar-refractivity contribution in [2.45, 2.75) is 58.2 Å². The molecule has 1 saturated heterocycles. The van der Waals surface area contributed by atoms with Crippen LogP contribution in [0.4, 0.5) is 0 Å². The van der Waals surface area contributed by atoms with Gasteiger partial charge in [0.25, 0.3) is 0 Å². The zero-order valence-electron chi connectivity index (χ0n) is 12.2. The lowest BCUT2D eigenvalue weighted by molar-refractivity contribution is -0.0699. The summed E-state index contributed by atoms with van der Waals surface area (Å²) in [7, 11) is 0. The van der Waals surface area contributed by atoms with Gasteiger partial charge in [0, 0.05) is 5.41 Å². The summed E-state index contributed by atoms with van der Waals surface area (Å²) in [5.41, 5.74) is 1.77. The maximum absolute atomic E-state index is 9.42. The highest BCUT2D eigenvalue weighted by Gasteiger charge is 2.57. The number of allylic oxidation sites excluding steroid dienone is 1. The summed E-state index contributed by atoms with van der Waals surface area (Å²) in [4.78, 5) is 0. The van der Waals surface area contributed by atoms with Gasteiger partial charge in [-0.2, -0.15) is 0 Å². The number of hydrogen-bond acceptors (Lipinski definition) is 2. The van der Waals surface area contributed by atoms with Crippen LogP contribution in [0.15, 0.2) is 24.3 Å². The van der Waals surface area contributed by atoms with Crippen LogP contribution in [-0.2, 0) is 4.74 Å². The summed E-state index contributed by atoms with van der Waals surface area (Å²) in [6, 6.07) is 0. The Bertz CT molecular complexity index is 413. The largest absolute Gasteiger partial charge is 0.392 e. The standard InChI is InChI=1S/C17H26O2/c1-4-13-10-17(3)14-6-5-12(11-18)9-16(14,2)8-7-15(17)19-13/h4,9,13-15,18H,1,5-8,10-11H2,2-3H3/t13-,14+,15-,16+,17-/m0/s1. The van der Waals surface area contributed by atoms with E-state index in [4.69, 9.17) is 4.74 Å². The molecule has 1 N–H and O–H groups in total. The van der Waals surface area contributed by atoms with Crippen molar-refractivity contribution in [3.63, 3.8) is 0 Å². The van der Waals surface area contributed by atoms with Gasteiger partial charge in [-0.3, -0.25) is 0 Å². The Morgan fingerprint density at radius 3 is 2.95 bits per heavy atom. The zero-order chi connectivity index (χ0) is 13.7. The Hall–Kier alpha value is -0.600. The second-order valence-electron chi connectivity index (χ2n) is 7.21. The van der Waals surface area contributed by atoms with Gasteiger partial charge in [-0.1, -0.05) is 26.0 Å². The SMILES string of the molecule is C=C[C@H]1C[C@]2(C)[C@H](CC[C@]3(C)C=C(CO)CC[C@@H]23)O1. The fourth-order valence-electron chi connectivity index (χ4n) is 5.08. The van der Waals surface area contributed by atoms with Gasteiger partial charge in [-0.05, 0) is 49.0 Å². The van der Waals surface area contributed by atoms with Crippen molar-refractivity contribution in [1.29, 1.82) is 0 Å². The first-order valence-electron chi connectivity index (χ1n) is 7.61. The van der Waals surface area contributed by atoms with Crippen LogP contribution in [0.2, 0.25) is 0 Å². The van der Waals surface area contributed by atoms with Crippen molar-refractivity contribution >= 4 is 0 Å². The molecule has 5 atom stereocenters. The van der Waals surface area contributed by atoms with Crippen LogP contribution in [0.1, 0.15) is 46.0 Å². The number of hydrogen-bond donors (Lipinski definition) is 1. The summed E-state index contributed by atoms with van der Waals surface area (Å²) in [5.74, 6) is 0.680. The van der Waals surface area contributed by atoms with Gasteiger partial charge in [0.05, 0.1) is 18.8 Å². The monoisotopic (exact) mass is 262 g/mol. The zero-order valence-corrected chi connectivity index (χ0v) is 12.2. The molecule has 1 aliphatic heterocycles. The van der Waals surface area contributed by atoms with E-state index < -0.39 is 0 Å². The average Bonchev–Trinajstić information content (AvgIpc) is 2.74. The van der Waals surface area contributed by atoms with Gasteiger partial charge in [-0.25, -0.2) is 0 Å². The molecule has 0 aromatic heterocycles. The second kappa shape index (κ2) is 4.46. The molecule has 1 saturated carbocycles. The first-order chi connectivity index (χ1) is 9.02. The number of aliphatic hydroxyl groups is 1. The van der Waals surface area contributed by atoms with Crippen LogP contribution >= 0.6 is 0 Å². The van der Waals surface area contributed by atoms with Crippen molar-refractivity contribution < 1.29 is 9.84 Å². The predicted octanol–water partition coefficient (Wildman–Crippen LogP) is 3.47. The summed E-state index contributed by atoms with van der Waals surface area (Å²) in [5, 5.41) is 9.42. The van der Waals surface area contributed by atoms with Crippen molar-refractivity contribution in [1.82, 2.24) is 0 Å². The Kier molecular flexibility index (Phi) is 3.14.